The first-order valence-electron chi connectivity index (χ1n) is 42.7. The predicted octanol–water partition coefficient (Wildman–Crippen LogP) is 20.3. The molecule has 0 radical (unpaired) electrons. The summed E-state index contributed by atoms with van der Waals surface area (Å²) in [6.07, 6.45) is 22.0. The molecular formula is C91H197N4O26P3S. The van der Waals surface area contributed by atoms with Crippen molar-refractivity contribution in [2.24, 2.45) is 17.6 Å². The van der Waals surface area contributed by atoms with Crippen LogP contribution in [-0.4, -0.2) is 266 Å². The topological polar surface area (TPSA) is 393 Å². The Hall–Kier alpha value is -4.51. The van der Waals surface area contributed by atoms with Gasteiger partial charge in [0.15, 0.2) is 33.2 Å². The van der Waals surface area contributed by atoms with Gasteiger partial charge < -0.3 is 86.3 Å². The average Bonchev–Trinajstić information content (AvgIpc) is 1.36. The van der Waals surface area contributed by atoms with Crippen molar-refractivity contribution in [3.63, 3.8) is 0 Å². The normalized spacial score (nSPS) is 17.5. The molecule has 0 aromatic heterocycles. The van der Waals surface area contributed by atoms with E-state index in [1.807, 2.05) is 60.3 Å². The van der Waals surface area contributed by atoms with E-state index in [1.165, 1.54) is 86.8 Å². The van der Waals surface area contributed by atoms with Crippen LogP contribution in [0.15, 0.2) is 0 Å². The fourth-order valence-electron chi connectivity index (χ4n) is 9.94. The van der Waals surface area contributed by atoms with Gasteiger partial charge in [0, 0.05) is 178 Å². The van der Waals surface area contributed by atoms with Gasteiger partial charge in [-0.1, -0.05) is 139 Å². The Morgan fingerprint density at radius 3 is 1.14 bits per heavy atom. The average molecular weight is 1890 g/mol. The van der Waals surface area contributed by atoms with E-state index in [0.29, 0.717) is 57.6 Å². The van der Waals surface area contributed by atoms with Crippen molar-refractivity contribution in [3.05, 3.63) is 0 Å². The molecule has 8 atom stereocenters. The molecule has 30 nitrogen and oxygen atoms in total. The van der Waals surface area contributed by atoms with Crippen molar-refractivity contribution in [3.8, 4) is 0 Å². The van der Waals surface area contributed by atoms with Crippen LogP contribution in [0.3, 0.4) is 0 Å². The van der Waals surface area contributed by atoms with Crippen LogP contribution >= 0.6 is 22.1 Å². The molecule has 0 aromatic rings. The predicted molar refractivity (Wildman–Crippen MR) is 521 cm³/mol. The standard InChI is InChI=1S/C19H32O7.C8H16O.C7H14N2O.C7H12O2.C6H12N2O.C6H10O3.C6H12O.2C5H13O2P.C4H11O2P.C4H8O.C3H8O2S.C3H6O.C2H6.6CH4/c1-12-17(9-7-6-8-10-23-14(3)20)26-18(11-24-15(4)21)13(2)19(12)25-16(5)22;1-3-4-5-6-7-8(2)9;1-7(10)9-5-3-8(2)4-6-9;1-6(8)9-7-4-2-3-5-7;1-5(9)8-3-2-6(7)4-8;1-5(7)9-6-2-3-8-4-6;1-3-4-5-6(2)7;2*1-4-5-7-8(2,3)6;1-4-6-7(2,3)5;1-3-4(2)5;1-3-5-6(2)4;1-3(2)4;1-2;;;;;;/h12-13,17-19H,6-11H2,1-5H3;3-7H2,1-2H3;3-6H2,1-2H3;7H,2-5H2,1H3;6H,2-4,7H2,1H3;6H,2-4H2,1H3;3-5H2,1-2H3;2*4-5H2,1-3H3;4H2,1-3H3;3H2,1-2H3;3H2,1-2H3;1-2H3;1-2H3;6*1H4/t12-,13-,17+,18?,19?;;;;6-;;;;;;;;;;;;;;;/m1...0.............../s1. The summed E-state index contributed by atoms with van der Waals surface area (Å²) in [6.45, 7) is 59.2. The Morgan fingerprint density at radius 1 is 0.456 bits per heavy atom. The van der Waals surface area contributed by atoms with Crippen molar-refractivity contribution in [1.29, 1.82) is 0 Å². The molecule has 0 bridgehead atoms. The summed E-state index contributed by atoms with van der Waals surface area (Å²) in [5.74, 6) is 0.0963. The van der Waals surface area contributed by atoms with Crippen LogP contribution in [-0.2, 0) is 128 Å². The highest BCUT2D eigenvalue weighted by Crippen LogP contribution is 2.39. The van der Waals surface area contributed by atoms with E-state index >= 15 is 0 Å². The van der Waals surface area contributed by atoms with E-state index in [-0.39, 0.29) is 153 Å². The maximum absolute atomic E-state index is 11.5. The molecular weight excluding hydrogens is 1690 g/mol. The molecule has 2 amide bonds. The molecule has 1 saturated carbocycles. The number of hydrogen-bond acceptors (Lipinski definition) is 28. The van der Waals surface area contributed by atoms with E-state index in [4.69, 9.17) is 52.5 Å². The number of piperazine rings is 1. The van der Waals surface area contributed by atoms with Gasteiger partial charge in [-0.05, 0) is 133 Å². The molecule has 0 aromatic carbocycles. The Kier molecular flexibility index (Phi) is 126. The Labute approximate surface area is 768 Å². The molecule has 0 spiro atoms. The minimum Gasteiger partial charge on any atom is -0.466 e. The third-order valence-corrected chi connectivity index (χ3v) is 19.0. The minimum atomic E-state index is -2.18. The van der Waals surface area contributed by atoms with Crippen molar-refractivity contribution in [2.45, 2.75) is 375 Å². The minimum absolute atomic E-state index is 0. The number of ether oxygens (including phenoxy) is 7. The second-order valence-corrected chi connectivity index (χ2v) is 39.2. The zero-order chi connectivity index (χ0) is 94.3. The maximum atomic E-state index is 11.5. The third-order valence-electron chi connectivity index (χ3n) is 15.9. The van der Waals surface area contributed by atoms with Gasteiger partial charge in [0.2, 0.25) is 11.8 Å². The SMILES string of the molecule is C.C.C.C.C.C.CC.CC(=O)N1CCN(C)CC1.CC(=O)N1CC[C@H](N)C1.CC(=O)OC1CCCC1.CC(=O)OC1CCOC1.CC(=O)OCCCCC[C@@H]1OC(COC(C)=O)[C@@H](C)C(OC(C)=O)[C@@H]1C.CC(C)=O.CCC(C)=O.CCCCC(C)=O.CCCCCCC(C)=O.CCCOP(C)(C)=O.CCCOP(C)(C)=O.CCOP(C)(C)=O.CCOS(C)=O. The van der Waals surface area contributed by atoms with E-state index in [9.17, 15) is 70.6 Å². The third kappa shape index (κ3) is 133. The van der Waals surface area contributed by atoms with Crippen LogP contribution in [0.4, 0.5) is 0 Å². The monoisotopic (exact) mass is 1890 g/mol. The van der Waals surface area contributed by atoms with Crippen LogP contribution in [0, 0.1) is 11.8 Å². The highest BCUT2D eigenvalue weighted by molar-refractivity contribution is 7.79. The van der Waals surface area contributed by atoms with Gasteiger partial charge in [-0.15, -0.1) is 0 Å². The maximum Gasteiger partial charge on any atom is 0.302 e. The van der Waals surface area contributed by atoms with Gasteiger partial charge >= 0.3 is 29.8 Å². The molecule has 5 rings (SSSR count). The largest absolute Gasteiger partial charge is 0.466 e. The smallest absolute Gasteiger partial charge is 0.302 e. The number of ketones is 4. The number of likely N-dealkylation sites (N-methyl/N-ethyl adjacent to an activating group) is 1. The summed E-state index contributed by atoms with van der Waals surface area (Å²) >= 11 is -1.07. The summed E-state index contributed by atoms with van der Waals surface area (Å²) in [6, 6.07) is 0.217. The second-order valence-electron chi connectivity index (χ2n) is 29.9. The molecule has 4 saturated heterocycles. The number of carbonyl (C=O) groups excluding carboxylic acids is 11. The Balaban J connectivity index is -0.0000000830. The Bertz CT molecular complexity index is 2700. The Morgan fingerprint density at radius 2 is 0.864 bits per heavy atom. The molecule has 758 valence electrons. The van der Waals surface area contributed by atoms with E-state index in [2.05, 4.69) is 30.0 Å². The van der Waals surface area contributed by atoms with E-state index < -0.39 is 33.2 Å². The number of unbranched alkanes of at least 4 members (excludes halogenated alkanes) is 6. The van der Waals surface area contributed by atoms with Crippen molar-refractivity contribution < 1.29 is 122 Å². The number of esters is 5. The molecule has 34 heteroatoms. The van der Waals surface area contributed by atoms with Crippen LogP contribution < -0.4 is 5.73 Å². The van der Waals surface area contributed by atoms with Gasteiger partial charge in [0.05, 0.1) is 58.5 Å². The first kappa shape index (κ1) is 155. The molecule has 125 heavy (non-hydrogen) atoms. The lowest BCUT2D eigenvalue weighted by molar-refractivity contribution is -0.201. The highest BCUT2D eigenvalue weighted by Gasteiger charge is 2.43. The summed E-state index contributed by atoms with van der Waals surface area (Å²) < 4.78 is 97.7. The lowest BCUT2D eigenvalue weighted by Gasteiger charge is -2.44. The number of hydrogen-bond donors (Lipinski definition) is 1. The molecule has 5 aliphatic rings. The van der Waals surface area contributed by atoms with E-state index in [1.54, 1.807) is 86.4 Å². The molecule has 4 heterocycles. The number of carbonyl (C=O) groups is 11. The van der Waals surface area contributed by atoms with E-state index in [0.717, 1.165) is 142 Å². The number of Topliss-reactive ketones (excluding diaryl/α,β-unsaturated/α-hetero) is 4. The molecule has 4 aliphatic heterocycles. The fraction of sp³-hybridized carbons (Fsp3) is 0.879. The fourth-order valence-corrected chi connectivity index (χ4v) is 12.1. The molecule has 2 N–H and O–H groups in total. The highest BCUT2D eigenvalue weighted by atomic mass is 32.2. The van der Waals surface area contributed by atoms with Gasteiger partial charge in [-0.3, -0.25) is 51.4 Å². The quantitative estimate of drug-likeness (QED) is 0.0302. The number of likely N-dealkylation sites (tertiary alicyclic amines) is 1. The summed E-state index contributed by atoms with van der Waals surface area (Å²) in [5.41, 5.74) is 5.57. The van der Waals surface area contributed by atoms with Crippen molar-refractivity contribution in [1.82, 2.24) is 14.7 Å². The first-order valence-corrected chi connectivity index (χ1v) is 51.7. The van der Waals surface area contributed by atoms with Gasteiger partial charge in [-0.2, -0.15) is 0 Å². The summed E-state index contributed by atoms with van der Waals surface area (Å²) in [4.78, 5) is 121. The number of nitrogens with zero attached hydrogens (tertiary/aromatic N) is 3. The number of rotatable bonds is 30. The zero-order valence-corrected chi connectivity index (χ0v) is 83.7. The van der Waals surface area contributed by atoms with Crippen LogP contribution in [0.2, 0.25) is 0 Å². The van der Waals surface area contributed by atoms with Gasteiger partial charge in [-0.25, -0.2) is 4.21 Å². The van der Waals surface area contributed by atoms with Crippen molar-refractivity contribution in [2.75, 3.05) is 145 Å². The summed E-state index contributed by atoms with van der Waals surface area (Å²) in [7, 11) is -4.45. The summed E-state index contributed by atoms with van der Waals surface area (Å²) in [5, 5.41) is 0. The lowest BCUT2D eigenvalue weighted by atomic mass is 9.81. The molecule has 5 fully saturated rings. The molecule has 4 unspecified atom stereocenters. The van der Waals surface area contributed by atoms with Crippen LogP contribution in [0.1, 0.15) is 339 Å². The molecule has 1 aliphatic carbocycles. The van der Waals surface area contributed by atoms with Crippen LogP contribution in [0.25, 0.3) is 0 Å². The number of nitrogens with two attached hydrogens (primary N) is 1. The van der Waals surface area contributed by atoms with Gasteiger partial charge in [0.1, 0.15) is 48.1 Å². The lowest BCUT2D eigenvalue weighted by Crippen LogP contribution is -2.52. The van der Waals surface area contributed by atoms with Crippen molar-refractivity contribution >= 4 is 98.0 Å². The zero-order valence-electron chi connectivity index (χ0n) is 80.2. The van der Waals surface area contributed by atoms with Crippen LogP contribution in [0.5, 0.6) is 0 Å². The van der Waals surface area contributed by atoms with Gasteiger partial charge in [0.25, 0.3) is 0 Å². The number of amides is 2. The first-order chi connectivity index (χ1) is 55.2. The second kappa shape index (κ2) is 102.